The van der Waals surface area contributed by atoms with Gasteiger partial charge in [-0.3, -0.25) is 4.79 Å². The van der Waals surface area contributed by atoms with Crippen molar-refractivity contribution in [2.24, 2.45) is 0 Å². The molecule has 0 aliphatic rings. The highest BCUT2D eigenvalue weighted by Gasteiger charge is 2.10. The number of hydrogen-bond acceptors (Lipinski definition) is 2. The summed E-state index contributed by atoms with van der Waals surface area (Å²) in [5, 5.41) is 3.85. The van der Waals surface area contributed by atoms with E-state index in [0.29, 0.717) is 12.3 Å². The number of ether oxygens (including phenoxy) is 1. The van der Waals surface area contributed by atoms with Gasteiger partial charge in [-0.25, -0.2) is 0 Å². The Balaban J connectivity index is 1.49. The molecule has 3 aromatic carbocycles. The van der Waals surface area contributed by atoms with Crippen molar-refractivity contribution in [2.75, 3.05) is 5.32 Å². The number of fused-ring (bicyclic) bond motifs is 1. The highest BCUT2D eigenvalue weighted by Crippen LogP contribution is 2.23. The molecule has 4 aromatic rings. The molecule has 0 bridgehead atoms. The Hall–Kier alpha value is -3.53. The van der Waals surface area contributed by atoms with E-state index in [2.05, 4.69) is 10.3 Å². The Labute approximate surface area is 151 Å². The van der Waals surface area contributed by atoms with E-state index in [1.54, 1.807) is 0 Å². The second-order valence-electron chi connectivity index (χ2n) is 6.03. The summed E-state index contributed by atoms with van der Waals surface area (Å²) in [6.07, 6.45) is 0. The van der Waals surface area contributed by atoms with Crippen LogP contribution in [0.4, 0.5) is 5.69 Å². The molecule has 0 aliphatic carbocycles. The summed E-state index contributed by atoms with van der Waals surface area (Å²) in [5.41, 5.74) is 3.27. The molecule has 4 rings (SSSR count). The third-order valence-corrected chi connectivity index (χ3v) is 4.12. The van der Waals surface area contributed by atoms with E-state index in [4.69, 9.17) is 4.74 Å². The van der Waals surface area contributed by atoms with E-state index in [1.165, 1.54) is 0 Å². The molecular weight excluding hydrogens is 324 g/mol. The molecule has 0 unspecified atom stereocenters. The average Bonchev–Trinajstić information content (AvgIpc) is 3.11. The number of amides is 1. The first-order chi connectivity index (χ1) is 12.8. The number of carbonyl (C=O) groups is 1. The van der Waals surface area contributed by atoms with Crippen LogP contribution >= 0.6 is 0 Å². The van der Waals surface area contributed by atoms with Crippen LogP contribution < -0.4 is 10.1 Å². The van der Waals surface area contributed by atoms with Crippen LogP contribution in [0.3, 0.4) is 0 Å². The molecule has 0 atom stereocenters. The van der Waals surface area contributed by atoms with Gasteiger partial charge < -0.3 is 15.0 Å². The Bertz CT molecular complexity index is 1020. The molecule has 0 saturated heterocycles. The Morgan fingerprint density at radius 3 is 2.38 bits per heavy atom. The highest BCUT2D eigenvalue weighted by molar-refractivity contribution is 6.06. The van der Waals surface area contributed by atoms with Crippen molar-refractivity contribution in [1.29, 1.82) is 0 Å². The number of nitrogens with one attached hydrogen (secondary N) is 2. The van der Waals surface area contributed by atoms with Crippen LogP contribution in [0, 0.1) is 0 Å². The van der Waals surface area contributed by atoms with Gasteiger partial charge >= 0.3 is 0 Å². The third-order valence-electron chi connectivity index (χ3n) is 4.12. The van der Waals surface area contributed by atoms with Gasteiger partial charge in [0.1, 0.15) is 18.1 Å². The zero-order valence-electron chi connectivity index (χ0n) is 14.1. The lowest BCUT2D eigenvalue weighted by Crippen LogP contribution is -2.11. The fourth-order valence-corrected chi connectivity index (χ4v) is 2.78. The monoisotopic (exact) mass is 342 g/mol. The zero-order chi connectivity index (χ0) is 17.8. The minimum Gasteiger partial charge on any atom is -0.489 e. The van der Waals surface area contributed by atoms with Gasteiger partial charge in [0.15, 0.2) is 0 Å². The number of H-pyrrole nitrogens is 1. The lowest BCUT2D eigenvalue weighted by atomic mass is 10.2. The summed E-state index contributed by atoms with van der Waals surface area (Å²) in [6, 6.07) is 27.0. The van der Waals surface area contributed by atoms with Gasteiger partial charge in [-0.2, -0.15) is 0 Å². The predicted octanol–water partition coefficient (Wildman–Crippen LogP) is 5.00. The SMILES string of the molecule is O=C(Nc1ccccc1)c1cc2ccc(OCc3ccccc3)cc2[nH]1. The average molecular weight is 342 g/mol. The number of hydrogen-bond donors (Lipinski definition) is 2. The standard InChI is InChI=1S/C22H18N2O2/c25-22(23-18-9-5-2-6-10-18)21-13-17-11-12-19(14-20(17)24-21)26-15-16-7-3-1-4-8-16/h1-14,24H,15H2,(H,23,25). The van der Waals surface area contributed by atoms with Gasteiger partial charge in [-0.05, 0) is 35.9 Å². The van der Waals surface area contributed by atoms with Crippen LogP contribution in [0.5, 0.6) is 5.75 Å². The summed E-state index contributed by atoms with van der Waals surface area (Å²) >= 11 is 0. The minimum absolute atomic E-state index is 0.167. The molecule has 2 N–H and O–H groups in total. The second-order valence-corrected chi connectivity index (χ2v) is 6.03. The van der Waals surface area contributed by atoms with E-state index in [-0.39, 0.29) is 5.91 Å². The minimum atomic E-state index is -0.167. The van der Waals surface area contributed by atoms with Crippen LogP contribution in [0.2, 0.25) is 0 Å². The van der Waals surface area contributed by atoms with Gasteiger partial charge in [0.2, 0.25) is 0 Å². The van der Waals surface area contributed by atoms with Gasteiger partial charge in [0.25, 0.3) is 5.91 Å². The first-order valence-electron chi connectivity index (χ1n) is 8.44. The van der Waals surface area contributed by atoms with Crippen LogP contribution in [-0.2, 0) is 6.61 Å². The second kappa shape index (κ2) is 7.15. The number of para-hydroxylation sites is 1. The highest BCUT2D eigenvalue weighted by atomic mass is 16.5. The summed E-state index contributed by atoms with van der Waals surface area (Å²) in [6.45, 7) is 0.508. The van der Waals surface area contributed by atoms with Crippen molar-refractivity contribution in [3.8, 4) is 5.75 Å². The molecule has 4 heteroatoms. The molecule has 0 spiro atoms. The predicted molar refractivity (Wildman–Crippen MR) is 103 cm³/mol. The number of aromatic amines is 1. The molecule has 1 amide bonds. The van der Waals surface area contributed by atoms with Gasteiger partial charge in [-0.15, -0.1) is 0 Å². The van der Waals surface area contributed by atoms with Crippen LogP contribution in [0.25, 0.3) is 10.9 Å². The molecular formula is C22H18N2O2. The van der Waals surface area contributed by atoms with Crippen molar-refractivity contribution < 1.29 is 9.53 Å². The Morgan fingerprint density at radius 1 is 0.885 bits per heavy atom. The number of anilines is 1. The number of benzene rings is 3. The van der Waals surface area contributed by atoms with E-state index in [1.807, 2.05) is 84.9 Å². The summed E-state index contributed by atoms with van der Waals surface area (Å²) in [7, 11) is 0. The van der Waals surface area contributed by atoms with E-state index in [9.17, 15) is 4.79 Å². The number of carbonyl (C=O) groups excluding carboxylic acids is 1. The fraction of sp³-hybridized carbons (Fsp3) is 0.0455. The van der Waals surface area contributed by atoms with E-state index < -0.39 is 0 Å². The van der Waals surface area contributed by atoms with Crippen molar-refractivity contribution >= 4 is 22.5 Å². The molecule has 26 heavy (non-hydrogen) atoms. The molecule has 0 saturated carbocycles. The Kier molecular flexibility index (Phi) is 4.39. The smallest absolute Gasteiger partial charge is 0.272 e. The Morgan fingerprint density at radius 2 is 1.62 bits per heavy atom. The molecule has 0 fully saturated rings. The third kappa shape index (κ3) is 3.59. The first-order valence-corrected chi connectivity index (χ1v) is 8.44. The van der Waals surface area contributed by atoms with E-state index in [0.717, 1.165) is 27.9 Å². The lowest BCUT2D eigenvalue weighted by Gasteiger charge is -2.06. The molecule has 4 nitrogen and oxygen atoms in total. The topological polar surface area (TPSA) is 54.1 Å². The maximum Gasteiger partial charge on any atom is 0.272 e. The van der Waals surface area contributed by atoms with Crippen molar-refractivity contribution in [3.05, 3.63) is 96.2 Å². The summed E-state index contributed by atoms with van der Waals surface area (Å²) < 4.78 is 5.84. The van der Waals surface area contributed by atoms with Gasteiger partial charge in [0, 0.05) is 22.7 Å². The summed E-state index contributed by atoms with van der Waals surface area (Å²) in [5.74, 6) is 0.595. The molecule has 0 aliphatic heterocycles. The van der Waals surface area contributed by atoms with Crippen LogP contribution in [-0.4, -0.2) is 10.9 Å². The molecule has 1 heterocycles. The van der Waals surface area contributed by atoms with Crippen LogP contribution in [0.1, 0.15) is 16.1 Å². The van der Waals surface area contributed by atoms with E-state index >= 15 is 0 Å². The lowest BCUT2D eigenvalue weighted by molar-refractivity contribution is 0.102. The number of aromatic nitrogens is 1. The number of rotatable bonds is 5. The fourth-order valence-electron chi connectivity index (χ4n) is 2.78. The van der Waals surface area contributed by atoms with Crippen LogP contribution in [0.15, 0.2) is 84.9 Å². The molecule has 0 radical (unpaired) electrons. The zero-order valence-corrected chi connectivity index (χ0v) is 14.1. The van der Waals surface area contributed by atoms with Gasteiger partial charge in [0.05, 0.1) is 0 Å². The first kappa shape index (κ1) is 16.0. The van der Waals surface area contributed by atoms with Crippen molar-refractivity contribution in [3.63, 3.8) is 0 Å². The van der Waals surface area contributed by atoms with Crippen molar-refractivity contribution in [1.82, 2.24) is 4.98 Å². The quantitative estimate of drug-likeness (QED) is 0.536. The largest absolute Gasteiger partial charge is 0.489 e. The van der Waals surface area contributed by atoms with Crippen molar-refractivity contribution in [2.45, 2.75) is 6.61 Å². The maximum atomic E-state index is 12.4. The summed E-state index contributed by atoms with van der Waals surface area (Å²) in [4.78, 5) is 15.6. The normalized spacial score (nSPS) is 10.6. The molecule has 1 aromatic heterocycles. The van der Waals surface area contributed by atoms with Gasteiger partial charge in [-0.1, -0.05) is 48.5 Å². The molecule has 128 valence electrons. The maximum absolute atomic E-state index is 12.4.